The van der Waals surface area contributed by atoms with Gasteiger partial charge in [0.15, 0.2) is 5.13 Å². The van der Waals surface area contributed by atoms with Gasteiger partial charge in [0, 0.05) is 25.3 Å². The zero-order valence-electron chi connectivity index (χ0n) is 12.0. The third-order valence-corrected chi connectivity index (χ3v) is 5.12. The van der Waals surface area contributed by atoms with E-state index in [9.17, 15) is 9.59 Å². The van der Waals surface area contributed by atoms with Gasteiger partial charge >= 0.3 is 0 Å². The van der Waals surface area contributed by atoms with E-state index in [1.807, 2.05) is 18.2 Å². The lowest BCUT2D eigenvalue weighted by Crippen LogP contribution is -2.27. The highest BCUT2D eigenvalue weighted by molar-refractivity contribution is 8.13. The highest BCUT2D eigenvalue weighted by atomic mass is 32.2. The predicted molar refractivity (Wildman–Crippen MR) is 88.8 cm³/mol. The van der Waals surface area contributed by atoms with Crippen molar-refractivity contribution in [3.05, 3.63) is 18.2 Å². The minimum Gasteiger partial charge on any atom is -0.497 e. The minimum atomic E-state index is -0.129. The zero-order valence-corrected chi connectivity index (χ0v) is 13.6. The number of nitrogens with zero attached hydrogens (tertiary/aromatic N) is 2. The largest absolute Gasteiger partial charge is 0.497 e. The number of ether oxygens (including phenoxy) is 1. The fourth-order valence-corrected chi connectivity index (χ4v) is 3.89. The van der Waals surface area contributed by atoms with Crippen LogP contribution < -0.4 is 10.1 Å². The van der Waals surface area contributed by atoms with E-state index in [0.717, 1.165) is 28.3 Å². The van der Waals surface area contributed by atoms with Gasteiger partial charge in [-0.25, -0.2) is 4.98 Å². The fraction of sp³-hybridized carbons (Fsp3) is 0.357. The Hall–Kier alpha value is -1.80. The molecule has 1 aromatic carbocycles. The number of nitrogens with one attached hydrogen (secondary N) is 1. The molecule has 0 radical (unpaired) electrons. The van der Waals surface area contributed by atoms with E-state index in [1.54, 1.807) is 12.0 Å². The molecule has 0 aliphatic carbocycles. The van der Waals surface area contributed by atoms with E-state index in [-0.39, 0.29) is 17.6 Å². The van der Waals surface area contributed by atoms with Gasteiger partial charge in [-0.2, -0.15) is 0 Å². The molecule has 0 saturated carbocycles. The predicted octanol–water partition coefficient (Wildman–Crippen LogP) is 2.80. The van der Waals surface area contributed by atoms with Gasteiger partial charge in [-0.3, -0.25) is 9.59 Å². The molecule has 2 heterocycles. The molecule has 116 valence electrons. The van der Waals surface area contributed by atoms with Crippen LogP contribution in [0.15, 0.2) is 18.2 Å². The molecule has 8 heteroatoms. The van der Waals surface area contributed by atoms with Crippen molar-refractivity contribution in [2.24, 2.45) is 0 Å². The number of carbonyl (C=O) groups excluding carboxylic acids is 2. The number of amides is 2. The summed E-state index contributed by atoms with van der Waals surface area (Å²) in [4.78, 5) is 29.5. The van der Waals surface area contributed by atoms with Crippen molar-refractivity contribution < 1.29 is 14.3 Å². The van der Waals surface area contributed by atoms with Gasteiger partial charge in [0.2, 0.25) is 5.91 Å². The molecule has 3 rings (SSSR count). The summed E-state index contributed by atoms with van der Waals surface area (Å²) < 4.78 is 6.13. The van der Waals surface area contributed by atoms with E-state index in [4.69, 9.17) is 4.74 Å². The van der Waals surface area contributed by atoms with Crippen molar-refractivity contribution in [3.8, 4) is 5.75 Å². The molecular formula is C14H15N3O3S2. The first kappa shape index (κ1) is 15.1. The monoisotopic (exact) mass is 337 g/mol. The number of thiazole rings is 1. The van der Waals surface area contributed by atoms with Crippen molar-refractivity contribution in [1.82, 2.24) is 9.88 Å². The Morgan fingerprint density at radius 2 is 2.36 bits per heavy atom. The minimum absolute atomic E-state index is 0.0554. The number of carbonyl (C=O) groups is 2. The molecule has 2 amide bonds. The molecule has 0 bridgehead atoms. The van der Waals surface area contributed by atoms with Crippen LogP contribution in [0.3, 0.4) is 0 Å². The first-order chi connectivity index (χ1) is 10.7. The average Bonchev–Trinajstić information content (AvgIpc) is 3.09. The Kier molecular flexibility index (Phi) is 4.49. The van der Waals surface area contributed by atoms with E-state index in [1.165, 1.54) is 23.1 Å². The van der Waals surface area contributed by atoms with Crippen LogP contribution in [0.5, 0.6) is 5.75 Å². The smallest absolute Gasteiger partial charge is 0.281 e. The standard InChI is InChI=1S/C14H15N3O3S2/c1-20-9-2-3-10-11(8-9)22-13(15-10)16-12(18)4-5-17-6-7-21-14(17)19/h2-3,8H,4-7H2,1H3,(H,15,16,18). The molecule has 22 heavy (non-hydrogen) atoms. The molecule has 0 unspecified atom stereocenters. The summed E-state index contributed by atoms with van der Waals surface area (Å²) in [5, 5.41) is 3.41. The first-order valence-electron chi connectivity index (χ1n) is 6.82. The van der Waals surface area contributed by atoms with Gasteiger partial charge in [-0.15, -0.1) is 0 Å². The summed E-state index contributed by atoms with van der Waals surface area (Å²) >= 11 is 2.71. The van der Waals surface area contributed by atoms with Crippen LogP contribution in [0.2, 0.25) is 0 Å². The quantitative estimate of drug-likeness (QED) is 0.908. The topological polar surface area (TPSA) is 71.5 Å². The van der Waals surface area contributed by atoms with E-state index in [0.29, 0.717) is 11.7 Å². The number of anilines is 1. The van der Waals surface area contributed by atoms with Crippen LogP contribution in [-0.4, -0.2) is 47.0 Å². The molecule has 1 aromatic heterocycles. The number of hydrogen-bond acceptors (Lipinski definition) is 6. The van der Waals surface area contributed by atoms with Gasteiger partial charge in [0.25, 0.3) is 5.24 Å². The van der Waals surface area contributed by atoms with Crippen LogP contribution in [0, 0.1) is 0 Å². The Morgan fingerprint density at radius 1 is 1.50 bits per heavy atom. The van der Waals surface area contributed by atoms with Gasteiger partial charge in [0.1, 0.15) is 5.75 Å². The number of thioether (sulfide) groups is 1. The number of methoxy groups -OCH3 is 1. The number of rotatable bonds is 5. The summed E-state index contributed by atoms with van der Waals surface area (Å²) in [5.41, 5.74) is 0.826. The molecule has 1 fully saturated rings. The second-order valence-corrected chi connectivity index (χ2v) is 6.83. The van der Waals surface area contributed by atoms with Crippen LogP contribution >= 0.6 is 23.1 Å². The Labute approximate surface area is 135 Å². The van der Waals surface area contributed by atoms with Crippen molar-refractivity contribution in [2.75, 3.05) is 31.3 Å². The van der Waals surface area contributed by atoms with Crippen molar-refractivity contribution in [2.45, 2.75) is 6.42 Å². The van der Waals surface area contributed by atoms with E-state index >= 15 is 0 Å². The Bertz CT molecular complexity index is 716. The first-order valence-corrected chi connectivity index (χ1v) is 8.62. The zero-order chi connectivity index (χ0) is 15.5. The van der Waals surface area contributed by atoms with Crippen LogP contribution in [0.4, 0.5) is 9.93 Å². The second kappa shape index (κ2) is 6.53. The third kappa shape index (κ3) is 3.33. The molecule has 0 atom stereocenters. The second-order valence-electron chi connectivity index (χ2n) is 4.75. The number of fused-ring (bicyclic) bond motifs is 1. The van der Waals surface area contributed by atoms with Crippen molar-refractivity contribution >= 4 is 49.6 Å². The maximum atomic E-state index is 12.0. The molecule has 1 aliphatic rings. The van der Waals surface area contributed by atoms with Crippen molar-refractivity contribution in [1.29, 1.82) is 0 Å². The average molecular weight is 337 g/mol. The number of aromatic nitrogens is 1. The van der Waals surface area contributed by atoms with Crippen LogP contribution in [0.1, 0.15) is 6.42 Å². The summed E-state index contributed by atoms with van der Waals surface area (Å²) in [6.07, 6.45) is 0.283. The maximum Gasteiger partial charge on any atom is 0.281 e. The summed E-state index contributed by atoms with van der Waals surface area (Å²) in [6.45, 7) is 1.17. The third-order valence-electron chi connectivity index (χ3n) is 3.30. The Morgan fingerprint density at radius 3 is 3.09 bits per heavy atom. The Balaban J connectivity index is 1.60. The van der Waals surface area contributed by atoms with E-state index in [2.05, 4.69) is 10.3 Å². The van der Waals surface area contributed by atoms with Crippen LogP contribution in [0.25, 0.3) is 10.2 Å². The highest BCUT2D eigenvalue weighted by Crippen LogP contribution is 2.29. The maximum absolute atomic E-state index is 12.0. The van der Waals surface area contributed by atoms with Gasteiger partial charge in [-0.1, -0.05) is 23.1 Å². The lowest BCUT2D eigenvalue weighted by atomic mass is 10.3. The molecule has 2 aromatic rings. The molecule has 1 aliphatic heterocycles. The SMILES string of the molecule is COc1ccc2nc(NC(=O)CCN3CCSC3=O)sc2c1. The lowest BCUT2D eigenvalue weighted by Gasteiger charge is -2.13. The number of benzene rings is 1. The normalized spacial score (nSPS) is 14.6. The van der Waals surface area contributed by atoms with E-state index < -0.39 is 0 Å². The van der Waals surface area contributed by atoms with Crippen molar-refractivity contribution in [3.63, 3.8) is 0 Å². The summed E-state index contributed by atoms with van der Waals surface area (Å²) in [5.74, 6) is 1.44. The highest BCUT2D eigenvalue weighted by Gasteiger charge is 2.21. The molecule has 1 saturated heterocycles. The fourth-order valence-electron chi connectivity index (χ4n) is 2.13. The summed E-state index contributed by atoms with van der Waals surface area (Å²) in [6, 6.07) is 5.59. The molecule has 1 N–H and O–H groups in total. The van der Waals surface area contributed by atoms with Crippen LogP contribution in [-0.2, 0) is 4.79 Å². The van der Waals surface area contributed by atoms with Gasteiger partial charge in [0.05, 0.1) is 17.3 Å². The van der Waals surface area contributed by atoms with Gasteiger partial charge < -0.3 is 15.0 Å². The molecule has 0 spiro atoms. The molecular weight excluding hydrogens is 322 g/mol. The summed E-state index contributed by atoms with van der Waals surface area (Å²) in [7, 11) is 1.61. The number of hydrogen-bond donors (Lipinski definition) is 1. The van der Waals surface area contributed by atoms with Gasteiger partial charge in [-0.05, 0) is 18.2 Å². The molecule has 6 nitrogen and oxygen atoms in total. The lowest BCUT2D eigenvalue weighted by molar-refractivity contribution is -0.116.